The molecule has 1 atom stereocenters. The minimum Gasteiger partial charge on any atom is -0.387 e. The molecule has 0 spiro atoms. The van der Waals surface area contributed by atoms with Crippen LogP contribution in [-0.4, -0.2) is 23.3 Å². The molecular weight excluding hydrogens is 367 g/mol. The molecule has 2 N–H and O–H groups in total. The topological polar surface area (TPSA) is 48.2 Å². The zero-order chi connectivity index (χ0) is 19.0. The maximum Gasteiger partial charge on any atom is 0.245 e. The summed E-state index contributed by atoms with van der Waals surface area (Å²) in [6, 6.07) is 0. The first-order chi connectivity index (χ1) is 11.6. The van der Waals surface area contributed by atoms with Crippen LogP contribution in [0.5, 0.6) is 0 Å². The molecule has 0 amide bonds. The zero-order valence-corrected chi connectivity index (χ0v) is 16.1. The number of aliphatic imine (C=N–C) groups is 1. The third-order valence-electron chi connectivity index (χ3n) is 3.38. The van der Waals surface area contributed by atoms with Gasteiger partial charge in [0.15, 0.2) is 0 Å². The van der Waals surface area contributed by atoms with E-state index in [0.29, 0.717) is 23.6 Å². The Labute approximate surface area is 157 Å². The minimum absolute atomic E-state index is 0.142. The third kappa shape index (κ3) is 8.98. The maximum absolute atomic E-state index is 12.9. The largest absolute Gasteiger partial charge is 0.387 e. The second-order valence-electron chi connectivity index (χ2n) is 6.28. The first-order valence-corrected chi connectivity index (χ1v) is 8.67. The molecule has 1 rings (SSSR count). The first kappa shape index (κ1) is 21.6. The van der Waals surface area contributed by atoms with E-state index >= 15 is 0 Å². The fraction of sp³-hybridized carbons (Fsp3) is 0.444. The second kappa shape index (κ2) is 9.88. The molecule has 0 saturated heterocycles. The molecule has 1 unspecified atom stereocenters. The van der Waals surface area contributed by atoms with Gasteiger partial charge in [-0.2, -0.15) is 0 Å². The van der Waals surface area contributed by atoms with Gasteiger partial charge in [0.25, 0.3) is 0 Å². The molecule has 0 aliphatic carbocycles. The van der Waals surface area contributed by atoms with E-state index in [4.69, 9.17) is 28.6 Å². The molecule has 0 fully saturated rings. The van der Waals surface area contributed by atoms with Gasteiger partial charge < -0.3 is 10.7 Å². The molecule has 138 valence electrons. The van der Waals surface area contributed by atoms with Crippen molar-refractivity contribution in [2.75, 3.05) is 6.54 Å². The van der Waals surface area contributed by atoms with E-state index in [1.54, 1.807) is 31.4 Å². The molecule has 0 aromatic rings. The number of halogens is 4. The molecule has 0 bridgehead atoms. The van der Waals surface area contributed by atoms with E-state index in [0.717, 1.165) is 12.5 Å². The average Bonchev–Trinajstić information content (AvgIpc) is 2.46. The normalized spacial score (nSPS) is 19.2. The van der Waals surface area contributed by atoms with Crippen molar-refractivity contribution in [2.45, 2.75) is 39.5 Å². The predicted octanol–water partition coefficient (Wildman–Crippen LogP) is 5.78. The van der Waals surface area contributed by atoms with Crippen molar-refractivity contribution in [3.63, 3.8) is 0 Å². The Morgan fingerprint density at radius 1 is 1.48 bits per heavy atom. The fourth-order valence-corrected chi connectivity index (χ4v) is 2.74. The van der Waals surface area contributed by atoms with Crippen molar-refractivity contribution in [3.05, 3.63) is 46.8 Å². The average molecular weight is 390 g/mol. The lowest BCUT2D eigenvalue weighted by Gasteiger charge is -2.14. The van der Waals surface area contributed by atoms with Crippen LogP contribution in [-0.2, 0) is 0 Å². The lowest BCUT2D eigenvalue weighted by molar-refractivity contribution is -0.000873. The van der Waals surface area contributed by atoms with Crippen molar-refractivity contribution in [1.82, 2.24) is 5.32 Å². The quantitative estimate of drug-likeness (QED) is 0.507. The highest BCUT2D eigenvalue weighted by atomic mass is 35.5. The Morgan fingerprint density at radius 3 is 2.76 bits per heavy atom. The summed E-state index contributed by atoms with van der Waals surface area (Å²) in [4.78, 5) is 3.93. The number of hydrogen-bond donors (Lipinski definition) is 2. The standard InChI is InChI=1S/C18H23Cl2F2N3/c1-12(9-18(3,21)22)4-5-14(19)8-13(2)10-24-11-15-16(23)6-7-25-17(15)20/h5-8,11-12,23-24H,4,9-10H2,1-3H3/b13-8+,14-5-,15-11+,23-16?. The molecule has 7 heteroatoms. The molecule has 3 nitrogen and oxygen atoms in total. The molecule has 1 aliphatic heterocycles. The molecular formula is C18H23Cl2F2N3. The van der Waals surface area contributed by atoms with Crippen LogP contribution in [0.3, 0.4) is 0 Å². The molecule has 0 aromatic heterocycles. The number of nitrogens with zero attached hydrogens (tertiary/aromatic N) is 1. The smallest absolute Gasteiger partial charge is 0.245 e. The van der Waals surface area contributed by atoms with Crippen molar-refractivity contribution in [3.8, 4) is 0 Å². The zero-order valence-electron chi connectivity index (χ0n) is 14.5. The number of alkyl halides is 2. The van der Waals surface area contributed by atoms with E-state index < -0.39 is 5.92 Å². The van der Waals surface area contributed by atoms with E-state index in [-0.39, 0.29) is 23.2 Å². The van der Waals surface area contributed by atoms with Crippen molar-refractivity contribution in [1.29, 1.82) is 5.41 Å². The van der Waals surface area contributed by atoms with E-state index in [2.05, 4.69) is 10.3 Å². The van der Waals surface area contributed by atoms with Gasteiger partial charge in [-0.1, -0.05) is 41.8 Å². The van der Waals surface area contributed by atoms with Crippen LogP contribution >= 0.6 is 23.2 Å². The van der Waals surface area contributed by atoms with Crippen LogP contribution < -0.4 is 5.32 Å². The predicted molar refractivity (Wildman–Crippen MR) is 103 cm³/mol. The van der Waals surface area contributed by atoms with E-state index in [1.165, 1.54) is 6.20 Å². The van der Waals surface area contributed by atoms with Crippen molar-refractivity contribution < 1.29 is 8.78 Å². The highest BCUT2D eigenvalue weighted by Crippen LogP contribution is 2.25. The Balaban J connectivity index is 2.52. The van der Waals surface area contributed by atoms with Crippen LogP contribution in [0, 0.1) is 11.3 Å². The van der Waals surface area contributed by atoms with E-state index in [9.17, 15) is 8.78 Å². The highest BCUT2D eigenvalue weighted by Gasteiger charge is 2.23. The summed E-state index contributed by atoms with van der Waals surface area (Å²) < 4.78 is 25.9. The highest BCUT2D eigenvalue weighted by molar-refractivity contribution is 6.73. The molecule has 1 heterocycles. The van der Waals surface area contributed by atoms with Crippen LogP contribution in [0.25, 0.3) is 0 Å². The van der Waals surface area contributed by atoms with Crippen molar-refractivity contribution in [2.24, 2.45) is 10.9 Å². The minimum atomic E-state index is -2.66. The van der Waals surface area contributed by atoms with Gasteiger partial charge >= 0.3 is 0 Å². The molecule has 0 aromatic carbocycles. The van der Waals surface area contributed by atoms with Gasteiger partial charge in [0.2, 0.25) is 5.92 Å². The molecule has 1 aliphatic rings. The van der Waals surface area contributed by atoms with Gasteiger partial charge in [-0.3, -0.25) is 0 Å². The van der Waals surface area contributed by atoms with Crippen LogP contribution in [0.1, 0.15) is 33.6 Å². The van der Waals surface area contributed by atoms with E-state index in [1.807, 2.05) is 6.92 Å². The summed E-state index contributed by atoms with van der Waals surface area (Å²) in [5.74, 6) is -2.80. The second-order valence-corrected chi connectivity index (χ2v) is 7.08. The lowest BCUT2D eigenvalue weighted by Crippen LogP contribution is -2.16. The first-order valence-electron chi connectivity index (χ1n) is 7.92. The van der Waals surface area contributed by atoms with Gasteiger partial charge in [-0.05, 0) is 38.3 Å². The van der Waals surface area contributed by atoms with Crippen LogP contribution in [0.15, 0.2) is 51.8 Å². The summed E-state index contributed by atoms with van der Waals surface area (Å²) in [6.45, 7) is 5.11. The van der Waals surface area contributed by atoms with Gasteiger partial charge in [0.1, 0.15) is 5.17 Å². The summed E-state index contributed by atoms with van der Waals surface area (Å²) in [7, 11) is 0. The number of hydrogen-bond acceptors (Lipinski definition) is 3. The summed E-state index contributed by atoms with van der Waals surface area (Å²) in [6.07, 6.45) is 8.55. The fourth-order valence-electron chi connectivity index (χ4n) is 2.25. The molecule has 0 radical (unpaired) electrons. The maximum atomic E-state index is 12.9. The van der Waals surface area contributed by atoms with Gasteiger partial charge in [0.05, 0.1) is 11.3 Å². The summed E-state index contributed by atoms with van der Waals surface area (Å²) in [5.41, 5.74) is 1.76. The SMILES string of the molecule is C/C(=C\C(Cl)=C\CC(C)CC(C)(F)F)CN/C=C1\C(=N)C=CN=C1Cl. The van der Waals surface area contributed by atoms with Crippen LogP contribution in [0.4, 0.5) is 8.78 Å². The number of rotatable bonds is 8. The Bertz CT molecular complexity index is 641. The lowest BCUT2D eigenvalue weighted by atomic mass is 10.00. The molecule has 0 saturated carbocycles. The Morgan fingerprint density at radius 2 is 2.16 bits per heavy atom. The van der Waals surface area contributed by atoms with Crippen molar-refractivity contribution >= 4 is 34.1 Å². The Hall–Kier alpha value is -1.46. The number of nitrogens with one attached hydrogen (secondary N) is 2. The summed E-state index contributed by atoms with van der Waals surface area (Å²) >= 11 is 12.1. The monoisotopic (exact) mass is 389 g/mol. The number of allylic oxidation sites excluding steroid dienone is 5. The van der Waals surface area contributed by atoms with Crippen LogP contribution in [0.2, 0.25) is 0 Å². The van der Waals surface area contributed by atoms with Gasteiger partial charge in [-0.25, -0.2) is 13.8 Å². The Kier molecular flexibility index (Phi) is 8.53. The van der Waals surface area contributed by atoms with Gasteiger partial charge in [-0.15, -0.1) is 0 Å². The summed E-state index contributed by atoms with van der Waals surface area (Å²) in [5, 5.41) is 11.6. The third-order valence-corrected chi connectivity index (χ3v) is 3.94. The van der Waals surface area contributed by atoms with Gasteiger partial charge in [0, 0.05) is 30.4 Å². The molecule has 25 heavy (non-hydrogen) atoms.